The van der Waals surface area contributed by atoms with Gasteiger partial charge in [-0.15, -0.1) is 0 Å². The highest BCUT2D eigenvalue weighted by Crippen LogP contribution is 2.48. The van der Waals surface area contributed by atoms with Crippen LogP contribution in [0, 0.1) is 11.8 Å². The van der Waals surface area contributed by atoms with Gasteiger partial charge in [0.25, 0.3) is 0 Å². The molecule has 0 bridgehead atoms. The zero-order valence-electron chi connectivity index (χ0n) is 9.04. The van der Waals surface area contributed by atoms with Crippen LogP contribution in [-0.4, -0.2) is 23.4 Å². The molecule has 0 N–H and O–H groups in total. The number of nitrogens with zero attached hydrogens (tertiary/aromatic N) is 1. The molecular formula is C13H17NO. The van der Waals surface area contributed by atoms with E-state index in [9.17, 15) is 4.79 Å². The van der Waals surface area contributed by atoms with Crippen molar-refractivity contribution < 1.29 is 4.79 Å². The Morgan fingerprint density at radius 2 is 2.07 bits per heavy atom. The number of hydrogen-bond acceptors (Lipinski definition) is 1. The number of hydrogen-bond donors (Lipinski definition) is 0. The molecule has 2 heterocycles. The lowest BCUT2D eigenvalue weighted by atomic mass is 9.64. The predicted molar refractivity (Wildman–Crippen MR) is 59.2 cm³/mol. The SMILES string of the molecule is C=C1CCC[C@@H]2C(=C)CN3C(=O)C[C@@H]3[C@@H]12. The van der Waals surface area contributed by atoms with Crippen molar-refractivity contribution in [2.75, 3.05) is 6.54 Å². The molecule has 0 radical (unpaired) electrons. The molecule has 2 heteroatoms. The van der Waals surface area contributed by atoms with Crippen LogP contribution in [-0.2, 0) is 4.79 Å². The molecule has 15 heavy (non-hydrogen) atoms. The summed E-state index contributed by atoms with van der Waals surface area (Å²) < 4.78 is 0. The van der Waals surface area contributed by atoms with E-state index in [0.29, 0.717) is 23.8 Å². The molecule has 2 nitrogen and oxygen atoms in total. The molecule has 1 aliphatic carbocycles. The molecule has 80 valence electrons. The fourth-order valence-corrected chi connectivity index (χ4v) is 3.52. The van der Waals surface area contributed by atoms with E-state index in [-0.39, 0.29) is 0 Å². The largest absolute Gasteiger partial charge is 0.335 e. The van der Waals surface area contributed by atoms with Crippen molar-refractivity contribution >= 4 is 5.91 Å². The Hall–Kier alpha value is -1.05. The summed E-state index contributed by atoms with van der Waals surface area (Å²) in [6.45, 7) is 9.15. The Labute approximate surface area is 90.6 Å². The van der Waals surface area contributed by atoms with Gasteiger partial charge in [-0.25, -0.2) is 0 Å². The summed E-state index contributed by atoms with van der Waals surface area (Å²) in [5, 5.41) is 0. The number of rotatable bonds is 0. The normalized spacial score (nSPS) is 39.6. The third-order valence-electron chi connectivity index (χ3n) is 4.33. The molecule has 3 rings (SSSR count). The standard InChI is InChI=1S/C13H17NO/c1-8-4-3-5-10-9(2)7-14-11(13(8)10)6-12(14)15/h10-11,13H,1-7H2/t10-,11-,13+/m1/s1. The van der Waals surface area contributed by atoms with Crippen LogP contribution in [0.2, 0.25) is 0 Å². The van der Waals surface area contributed by atoms with Crippen molar-refractivity contribution in [2.24, 2.45) is 11.8 Å². The number of β-lactam (4-membered cyclic amide) rings is 1. The molecule has 1 amide bonds. The van der Waals surface area contributed by atoms with Gasteiger partial charge >= 0.3 is 0 Å². The molecule has 0 aromatic heterocycles. The van der Waals surface area contributed by atoms with Gasteiger partial charge in [-0.3, -0.25) is 4.79 Å². The number of carbonyl (C=O) groups is 1. The summed E-state index contributed by atoms with van der Waals surface area (Å²) >= 11 is 0. The minimum Gasteiger partial charge on any atom is -0.335 e. The van der Waals surface area contributed by atoms with E-state index in [4.69, 9.17) is 0 Å². The fourth-order valence-electron chi connectivity index (χ4n) is 3.52. The Morgan fingerprint density at radius 1 is 1.27 bits per heavy atom. The first kappa shape index (κ1) is 9.20. The minimum atomic E-state index is 0.304. The van der Waals surface area contributed by atoms with Gasteiger partial charge in [0.05, 0.1) is 0 Å². The van der Waals surface area contributed by atoms with Crippen molar-refractivity contribution in [1.82, 2.24) is 4.90 Å². The topological polar surface area (TPSA) is 20.3 Å². The van der Waals surface area contributed by atoms with Gasteiger partial charge in [-0.05, 0) is 25.2 Å². The van der Waals surface area contributed by atoms with Gasteiger partial charge in [-0.2, -0.15) is 0 Å². The van der Waals surface area contributed by atoms with Crippen LogP contribution in [0.15, 0.2) is 24.3 Å². The van der Waals surface area contributed by atoms with E-state index in [1.54, 1.807) is 0 Å². The lowest BCUT2D eigenvalue weighted by Crippen LogP contribution is -2.62. The maximum Gasteiger partial charge on any atom is 0.225 e. The summed E-state index contributed by atoms with van der Waals surface area (Å²) in [6, 6.07) is 0.459. The number of carbonyl (C=O) groups excluding carboxylic acids is 1. The molecule has 3 aliphatic rings. The Kier molecular flexibility index (Phi) is 1.82. The van der Waals surface area contributed by atoms with Gasteiger partial charge < -0.3 is 4.90 Å². The van der Waals surface area contributed by atoms with Crippen LogP contribution < -0.4 is 0 Å². The van der Waals surface area contributed by atoms with Crippen molar-refractivity contribution in [1.29, 1.82) is 0 Å². The third-order valence-corrected chi connectivity index (χ3v) is 4.33. The summed E-state index contributed by atoms with van der Waals surface area (Å²) in [4.78, 5) is 13.4. The zero-order chi connectivity index (χ0) is 10.6. The van der Waals surface area contributed by atoms with Crippen molar-refractivity contribution in [3.05, 3.63) is 24.3 Å². The Balaban J connectivity index is 1.92. The zero-order valence-corrected chi connectivity index (χ0v) is 9.04. The lowest BCUT2D eigenvalue weighted by Gasteiger charge is -2.54. The first-order chi connectivity index (χ1) is 7.18. The van der Waals surface area contributed by atoms with Crippen molar-refractivity contribution in [3.8, 4) is 0 Å². The van der Waals surface area contributed by atoms with E-state index < -0.39 is 0 Å². The average molecular weight is 203 g/mol. The minimum absolute atomic E-state index is 0.304. The molecule has 3 atom stereocenters. The highest BCUT2D eigenvalue weighted by Gasteiger charge is 2.50. The molecule has 2 saturated heterocycles. The smallest absolute Gasteiger partial charge is 0.225 e. The molecule has 2 aliphatic heterocycles. The van der Waals surface area contributed by atoms with E-state index in [0.717, 1.165) is 19.4 Å². The van der Waals surface area contributed by atoms with Gasteiger partial charge in [0.2, 0.25) is 5.91 Å². The molecule has 0 unspecified atom stereocenters. The second-order valence-electron chi connectivity index (χ2n) is 5.13. The van der Waals surface area contributed by atoms with Gasteiger partial charge in [0.15, 0.2) is 0 Å². The first-order valence-corrected chi connectivity index (χ1v) is 5.83. The van der Waals surface area contributed by atoms with Crippen LogP contribution in [0.1, 0.15) is 25.7 Å². The second-order valence-corrected chi connectivity index (χ2v) is 5.13. The maximum atomic E-state index is 11.4. The summed E-state index contributed by atoms with van der Waals surface area (Å²) in [5.41, 5.74) is 2.61. The van der Waals surface area contributed by atoms with Crippen molar-refractivity contribution in [3.63, 3.8) is 0 Å². The quantitative estimate of drug-likeness (QED) is 0.436. The second kappa shape index (κ2) is 2.97. The Morgan fingerprint density at radius 3 is 2.80 bits per heavy atom. The van der Waals surface area contributed by atoms with Crippen LogP contribution in [0.3, 0.4) is 0 Å². The summed E-state index contributed by atoms with van der Waals surface area (Å²) in [5.74, 6) is 1.44. The molecule has 1 saturated carbocycles. The fraction of sp³-hybridized carbons (Fsp3) is 0.615. The molecule has 0 spiro atoms. The van der Waals surface area contributed by atoms with Gasteiger partial charge in [0.1, 0.15) is 0 Å². The monoisotopic (exact) mass is 203 g/mol. The predicted octanol–water partition coefficient (Wildman–Crippen LogP) is 2.13. The van der Waals surface area contributed by atoms with Gasteiger partial charge in [-0.1, -0.05) is 24.3 Å². The number of piperidine rings is 1. The first-order valence-electron chi connectivity index (χ1n) is 5.83. The van der Waals surface area contributed by atoms with E-state index in [2.05, 4.69) is 13.2 Å². The van der Waals surface area contributed by atoms with Gasteiger partial charge in [0, 0.05) is 24.9 Å². The maximum absolute atomic E-state index is 11.4. The van der Waals surface area contributed by atoms with Crippen LogP contribution >= 0.6 is 0 Å². The van der Waals surface area contributed by atoms with Crippen molar-refractivity contribution in [2.45, 2.75) is 31.7 Å². The summed E-state index contributed by atoms with van der Waals surface area (Å²) in [6.07, 6.45) is 4.39. The van der Waals surface area contributed by atoms with E-state index in [1.807, 2.05) is 4.90 Å². The Bertz CT molecular complexity index is 358. The summed E-state index contributed by atoms with van der Waals surface area (Å²) in [7, 11) is 0. The molecule has 0 aromatic carbocycles. The molecule has 3 fully saturated rings. The molecular weight excluding hydrogens is 186 g/mol. The van der Waals surface area contributed by atoms with Crippen LogP contribution in [0.4, 0.5) is 0 Å². The average Bonchev–Trinajstić information content (AvgIpc) is 2.22. The third kappa shape index (κ3) is 1.14. The number of amides is 1. The highest BCUT2D eigenvalue weighted by molar-refractivity contribution is 5.84. The van der Waals surface area contributed by atoms with E-state index >= 15 is 0 Å². The van der Waals surface area contributed by atoms with E-state index in [1.165, 1.54) is 24.0 Å². The molecule has 0 aromatic rings. The van der Waals surface area contributed by atoms with Crippen LogP contribution in [0.5, 0.6) is 0 Å². The lowest BCUT2D eigenvalue weighted by molar-refractivity contribution is -0.151. The van der Waals surface area contributed by atoms with Crippen LogP contribution in [0.25, 0.3) is 0 Å². The highest BCUT2D eigenvalue weighted by atomic mass is 16.2. The number of fused-ring (bicyclic) bond motifs is 3.